The minimum Gasteiger partial charge on any atom is -0.391 e. The van der Waals surface area contributed by atoms with Crippen LogP contribution in [-0.2, 0) is 0 Å². The molecule has 5 nitrogen and oxygen atoms in total. The number of nitrogens with one attached hydrogen (secondary N) is 1. The molecule has 1 aliphatic rings. The van der Waals surface area contributed by atoms with Gasteiger partial charge >= 0.3 is 0 Å². The van der Waals surface area contributed by atoms with Crippen LogP contribution in [-0.4, -0.2) is 47.1 Å². The molecule has 1 unspecified atom stereocenters. The molecule has 1 fully saturated rings. The summed E-state index contributed by atoms with van der Waals surface area (Å²) in [6.07, 6.45) is 9.75. The molecule has 3 N–H and O–H groups in total. The highest BCUT2D eigenvalue weighted by Gasteiger charge is 2.13. The molecule has 1 saturated heterocycles. The Bertz CT molecular complexity index is 770. The van der Waals surface area contributed by atoms with E-state index in [1.807, 2.05) is 18.3 Å². The van der Waals surface area contributed by atoms with E-state index in [9.17, 15) is 0 Å². The van der Waals surface area contributed by atoms with Crippen LogP contribution >= 0.6 is 11.6 Å². The van der Waals surface area contributed by atoms with Gasteiger partial charge < -0.3 is 16.0 Å². The average molecular weight is 388 g/mol. The molecule has 3 rings (SSSR count). The number of likely N-dealkylation sites (tertiary alicyclic amines) is 1. The van der Waals surface area contributed by atoms with Crippen LogP contribution in [0.15, 0.2) is 30.6 Å². The molecule has 0 saturated carbocycles. The second kappa shape index (κ2) is 10.0. The van der Waals surface area contributed by atoms with Crippen molar-refractivity contribution >= 4 is 28.2 Å². The molecule has 0 aromatic carbocycles. The normalized spacial score (nSPS) is 16.8. The van der Waals surface area contributed by atoms with E-state index < -0.39 is 0 Å². The summed E-state index contributed by atoms with van der Waals surface area (Å²) in [6.45, 7) is 6.77. The molecule has 2 aromatic heterocycles. The summed E-state index contributed by atoms with van der Waals surface area (Å²) in [4.78, 5) is 11.5. The molecule has 0 bridgehead atoms. The van der Waals surface area contributed by atoms with Crippen LogP contribution in [0.25, 0.3) is 16.6 Å². The second-order valence-corrected chi connectivity index (χ2v) is 7.63. The van der Waals surface area contributed by atoms with Gasteiger partial charge in [0.15, 0.2) is 0 Å². The van der Waals surface area contributed by atoms with Gasteiger partial charge in [0, 0.05) is 30.5 Å². The summed E-state index contributed by atoms with van der Waals surface area (Å²) in [5.41, 5.74) is 10.2. The molecule has 2 aromatic rings. The molecule has 0 aliphatic carbocycles. The van der Waals surface area contributed by atoms with Gasteiger partial charge in [0.2, 0.25) is 0 Å². The first kappa shape index (κ1) is 20.1. The maximum absolute atomic E-state index is 6.46. The summed E-state index contributed by atoms with van der Waals surface area (Å²) in [6, 6.07) is 5.65. The van der Waals surface area contributed by atoms with Crippen molar-refractivity contribution in [2.75, 3.05) is 26.2 Å². The molecule has 27 heavy (non-hydrogen) atoms. The van der Waals surface area contributed by atoms with Crippen molar-refractivity contribution in [3.8, 4) is 0 Å². The van der Waals surface area contributed by atoms with E-state index >= 15 is 0 Å². The Hall–Kier alpha value is -1.69. The molecular formula is C21H30ClN5. The molecule has 0 spiro atoms. The lowest BCUT2D eigenvalue weighted by molar-refractivity contribution is 0.333. The zero-order chi connectivity index (χ0) is 19.1. The predicted molar refractivity (Wildman–Crippen MR) is 114 cm³/mol. The van der Waals surface area contributed by atoms with Crippen molar-refractivity contribution in [3.63, 3.8) is 0 Å². The number of pyridine rings is 2. The van der Waals surface area contributed by atoms with Gasteiger partial charge in [0.05, 0.1) is 11.0 Å². The van der Waals surface area contributed by atoms with Crippen molar-refractivity contribution in [3.05, 3.63) is 41.3 Å². The standard InChI is InChI=1S/C21H30ClN5/c1-2-6-18(23)17(15-24-9-5-12-27-10-3-4-11-27)16-13-20-19(25-14-16)7-8-21(22)26-20/h7-8,13-15,18,24H,2-6,9-12,23H2,1H3/b17-15-. The van der Waals surface area contributed by atoms with Crippen LogP contribution in [0.3, 0.4) is 0 Å². The van der Waals surface area contributed by atoms with Gasteiger partial charge in [-0.2, -0.15) is 0 Å². The lowest BCUT2D eigenvalue weighted by Crippen LogP contribution is -2.25. The number of hydrogen-bond acceptors (Lipinski definition) is 5. The maximum atomic E-state index is 6.46. The van der Waals surface area contributed by atoms with Crippen LogP contribution < -0.4 is 11.1 Å². The predicted octanol–water partition coefficient (Wildman–Crippen LogP) is 3.83. The Morgan fingerprint density at radius 2 is 2.15 bits per heavy atom. The van der Waals surface area contributed by atoms with Crippen LogP contribution in [0, 0.1) is 0 Å². The third-order valence-corrected chi connectivity index (χ3v) is 5.30. The van der Waals surface area contributed by atoms with E-state index in [1.165, 1.54) is 25.9 Å². The van der Waals surface area contributed by atoms with Crippen LogP contribution in [0.4, 0.5) is 0 Å². The highest BCUT2D eigenvalue weighted by Crippen LogP contribution is 2.23. The van der Waals surface area contributed by atoms with Crippen LogP contribution in [0.5, 0.6) is 0 Å². The molecule has 0 amide bonds. The maximum Gasteiger partial charge on any atom is 0.129 e. The zero-order valence-corrected chi connectivity index (χ0v) is 16.9. The summed E-state index contributed by atoms with van der Waals surface area (Å²) < 4.78 is 0. The summed E-state index contributed by atoms with van der Waals surface area (Å²) >= 11 is 6.04. The quantitative estimate of drug-likeness (QED) is 0.505. The fourth-order valence-corrected chi connectivity index (χ4v) is 3.76. The first-order chi connectivity index (χ1) is 13.2. The van der Waals surface area contributed by atoms with E-state index in [4.69, 9.17) is 17.3 Å². The van der Waals surface area contributed by atoms with Gasteiger partial charge in [0.25, 0.3) is 0 Å². The average Bonchev–Trinajstić information content (AvgIpc) is 3.17. The fraction of sp³-hybridized carbons (Fsp3) is 0.524. The van der Waals surface area contributed by atoms with E-state index in [0.29, 0.717) is 5.15 Å². The third kappa shape index (κ3) is 5.64. The number of hydrogen-bond donors (Lipinski definition) is 2. The Kier molecular flexibility index (Phi) is 7.44. The lowest BCUT2D eigenvalue weighted by Gasteiger charge is -2.17. The number of halogens is 1. The monoisotopic (exact) mass is 387 g/mol. The number of nitrogens with zero attached hydrogens (tertiary/aromatic N) is 3. The minimum atomic E-state index is -0.0282. The zero-order valence-electron chi connectivity index (χ0n) is 16.1. The van der Waals surface area contributed by atoms with Crippen LogP contribution in [0.2, 0.25) is 5.15 Å². The molecule has 146 valence electrons. The summed E-state index contributed by atoms with van der Waals surface area (Å²) in [5, 5.41) is 3.94. The van der Waals surface area contributed by atoms with Crippen molar-refractivity contribution in [2.24, 2.45) is 5.73 Å². The van der Waals surface area contributed by atoms with E-state index in [1.54, 1.807) is 6.07 Å². The first-order valence-electron chi connectivity index (χ1n) is 10.0. The fourth-order valence-electron chi connectivity index (χ4n) is 3.60. The second-order valence-electron chi connectivity index (χ2n) is 7.25. The van der Waals surface area contributed by atoms with Gasteiger partial charge in [-0.05, 0) is 69.1 Å². The highest BCUT2D eigenvalue weighted by molar-refractivity contribution is 6.29. The minimum absolute atomic E-state index is 0.0282. The Balaban J connectivity index is 1.70. The van der Waals surface area contributed by atoms with Gasteiger partial charge in [0.1, 0.15) is 5.15 Å². The topological polar surface area (TPSA) is 67.1 Å². The van der Waals surface area contributed by atoms with Crippen molar-refractivity contribution in [2.45, 2.75) is 45.1 Å². The van der Waals surface area contributed by atoms with Gasteiger partial charge in [-0.1, -0.05) is 24.9 Å². The van der Waals surface area contributed by atoms with Crippen molar-refractivity contribution in [1.82, 2.24) is 20.2 Å². The highest BCUT2D eigenvalue weighted by atomic mass is 35.5. The first-order valence-corrected chi connectivity index (χ1v) is 10.4. The Labute approximate surface area is 167 Å². The number of rotatable bonds is 9. The summed E-state index contributed by atoms with van der Waals surface area (Å²) in [7, 11) is 0. The molecule has 1 atom stereocenters. The van der Waals surface area contributed by atoms with Crippen molar-refractivity contribution in [1.29, 1.82) is 0 Å². The van der Waals surface area contributed by atoms with Gasteiger partial charge in [-0.15, -0.1) is 0 Å². The molecule has 1 aliphatic heterocycles. The Morgan fingerprint density at radius 3 is 2.93 bits per heavy atom. The SMILES string of the molecule is CCCC(N)/C(=C\NCCCN1CCCC1)c1cnc2ccc(Cl)nc2c1. The van der Waals surface area contributed by atoms with Crippen LogP contribution in [0.1, 0.15) is 44.6 Å². The summed E-state index contributed by atoms with van der Waals surface area (Å²) in [5.74, 6) is 0. The number of aromatic nitrogens is 2. The molecule has 0 radical (unpaired) electrons. The van der Waals surface area contributed by atoms with E-state index in [2.05, 4.69) is 33.3 Å². The lowest BCUT2D eigenvalue weighted by atomic mass is 9.97. The largest absolute Gasteiger partial charge is 0.391 e. The van der Waals surface area contributed by atoms with E-state index in [-0.39, 0.29) is 6.04 Å². The molecule has 3 heterocycles. The van der Waals surface area contributed by atoms with Gasteiger partial charge in [-0.25, -0.2) is 4.98 Å². The Morgan fingerprint density at radius 1 is 1.33 bits per heavy atom. The third-order valence-electron chi connectivity index (χ3n) is 5.09. The number of nitrogens with two attached hydrogens (primary N) is 1. The molecular weight excluding hydrogens is 358 g/mol. The smallest absolute Gasteiger partial charge is 0.129 e. The number of fused-ring (bicyclic) bond motifs is 1. The van der Waals surface area contributed by atoms with Crippen molar-refractivity contribution < 1.29 is 0 Å². The van der Waals surface area contributed by atoms with E-state index in [0.717, 1.165) is 54.5 Å². The van der Waals surface area contributed by atoms with Gasteiger partial charge in [-0.3, -0.25) is 4.98 Å². The molecule has 6 heteroatoms.